The van der Waals surface area contributed by atoms with Crippen molar-refractivity contribution in [3.63, 3.8) is 0 Å². The van der Waals surface area contributed by atoms with Crippen molar-refractivity contribution in [3.8, 4) is 0 Å². The van der Waals surface area contributed by atoms with E-state index in [-0.39, 0.29) is 11.5 Å². The molecular formula is C18H11ClN2O3. The molecule has 0 aliphatic heterocycles. The third-order valence-corrected chi connectivity index (χ3v) is 3.78. The second kappa shape index (κ2) is 6.60. The summed E-state index contributed by atoms with van der Waals surface area (Å²) in [6, 6.07) is 14.8. The fourth-order valence-corrected chi connectivity index (χ4v) is 2.44. The standard InChI is InChI=1S/C18H11ClN2O3/c19-18-14(11-13-3-1-2-4-16(13)20-18)7-10-17(22)12-5-8-15(9-6-12)21(23)24/h1-11H/b10-7+. The van der Waals surface area contributed by atoms with Gasteiger partial charge in [0.25, 0.3) is 5.69 Å². The summed E-state index contributed by atoms with van der Waals surface area (Å²) in [7, 11) is 0. The van der Waals surface area contributed by atoms with Gasteiger partial charge in [-0.15, -0.1) is 0 Å². The van der Waals surface area contributed by atoms with E-state index in [4.69, 9.17) is 11.6 Å². The van der Waals surface area contributed by atoms with Crippen LogP contribution < -0.4 is 0 Å². The van der Waals surface area contributed by atoms with Crippen LogP contribution in [0, 0.1) is 10.1 Å². The van der Waals surface area contributed by atoms with Gasteiger partial charge in [-0.25, -0.2) is 4.98 Å². The lowest BCUT2D eigenvalue weighted by Crippen LogP contribution is -1.95. The van der Waals surface area contributed by atoms with Crippen LogP contribution in [-0.4, -0.2) is 15.7 Å². The number of carbonyl (C=O) groups is 1. The maximum atomic E-state index is 12.2. The Labute approximate surface area is 142 Å². The minimum atomic E-state index is -0.509. The molecule has 118 valence electrons. The summed E-state index contributed by atoms with van der Waals surface area (Å²) in [6.07, 6.45) is 2.96. The highest BCUT2D eigenvalue weighted by Crippen LogP contribution is 2.22. The number of nitro groups is 1. The highest BCUT2D eigenvalue weighted by atomic mass is 35.5. The summed E-state index contributed by atoms with van der Waals surface area (Å²) in [5, 5.41) is 11.9. The molecule has 3 aromatic rings. The monoisotopic (exact) mass is 338 g/mol. The van der Waals surface area contributed by atoms with E-state index in [1.54, 1.807) is 6.08 Å². The first-order chi connectivity index (χ1) is 11.5. The third kappa shape index (κ3) is 3.31. The largest absolute Gasteiger partial charge is 0.289 e. The highest BCUT2D eigenvalue weighted by Gasteiger charge is 2.08. The Bertz CT molecular complexity index is 966. The zero-order chi connectivity index (χ0) is 17.1. The number of carbonyl (C=O) groups excluding carboxylic acids is 1. The first kappa shape index (κ1) is 15.8. The average Bonchev–Trinajstić information content (AvgIpc) is 2.59. The number of rotatable bonds is 4. The average molecular weight is 339 g/mol. The summed E-state index contributed by atoms with van der Waals surface area (Å²) < 4.78 is 0. The van der Waals surface area contributed by atoms with Gasteiger partial charge < -0.3 is 0 Å². The quantitative estimate of drug-likeness (QED) is 0.227. The van der Waals surface area contributed by atoms with E-state index >= 15 is 0 Å². The Hall–Kier alpha value is -3.05. The van der Waals surface area contributed by atoms with Crippen LogP contribution in [0.5, 0.6) is 0 Å². The molecule has 0 unspecified atom stereocenters. The van der Waals surface area contributed by atoms with Gasteiger partial charge in [-0.2, -0.15) is 0 Å². The summed E-state index contributed by atoms with van der Waals surface area (Å²) >= 11 is 6.14. The van der Waals surface area contributed by atoms with Gasteiger partial charge in [-0.05, 0) is 36.4 Å². The summed E-state index contributed by atoms with van der Waals surface area (Å²) in [6.45, 7) is 0. The number of halogens is 1. The molecule has 0 amide bonds. The van der Waals surface area contributed by atoms with Crippen LogP contribution in [0.15, 0.2) is 60.7 Å². The Morgan fingerprint density at radius 3 is 2.54 bits per heavy atom. The van der Waals surface area contributed by atoms with Crippen LogP contribution in [0.4, 0.5) is 5.69 Å². The topological polar surface area (TPSA) is 73.1 Å². The van der Waals surface area contributed by atoms with Gasteiger partial charge in [-0.3, -0.25) is 14.9 Å². The zero-order valence-corrected chi connectivity index (χ0v) is 13.1. The molecule has 3 rings (SSSR count). The fourth-order valence-electron chi connectivity index (χ4n) is 2.23. The van der Waals surface area contributed by atoms with Crippen LogP contribution in [0.2, 0.25) is 5.15 Å². The molecule has 0 saturated heterocycles. The van der Waals surface area contributed by atoms with Crippen LogP contribution in [0.25, 0.3) is 17.0 Å². The lowest BCUT2D eigenvalue weighted by Gasteiger charge is -2.02. The van der Waals surface area contributed by atoms with Crippen LogP contribution in [0.1, 0.15) is 15.9 Å². The molecule has 0 atom stereocenters. The number of ketones is 1. The third-order valence-electron chi connectivity index (χ3n) is 3.48. The van der Waals surface area contributed by atoms with E-state index in [0.717, 1.165) is 10.9 Å². The van der Waals surface area contributed by atoms with Crippen molar-refractivity contribution in [2.24, 2.45) is 0 Å². The lowest BCUT2D eigenvalue weighted by molar-refractivity contribution is -0.384. The van der Waals surface area contributed by atoms with Gasteiger partial charge in [-0.1, -0.05) is 29.8 Å². The first-order valence-corrected chi connectivity index (χ1v) is 7.44. The number of hydrogen-bond acceptors (Lipinski definition) is 4. The van der Waals surface area contributed by atoms with Crippen LogP contribution in [0.3, 0.4) is 0 Å². The first-order valence-electron chi connectivity index (χ1n) is 7.07. The molecule has 0 aliphatic rings. The van der Waals surface area contributed by atoms with E-state index in [0.29, 0.717) is 16.3 Å². The van der Waals surface area contributed by atoms with E-state index in [9.17, 15) is 14.9 Å². The van der Waals surface area contributed by atoms with Crippen molar-refractivity contribution in [1.29, 1.82) is 0 Å². The number of para-hydroxylation sites is 1. The number of pyridine rings is 1. The SMILES string of the molecule is O=C(/C=C/c1cc2ccccc2nc1Cl)c1ccc([N+](=O)[O-])cc1. The van der Waals surface area contributed by atoms with Crippen molar-refractivity contribution in [3.05, 3.63) is 87.1 Å². The molecule has 6 heteroatoms. The van der Waals surface area contributed by atoms with Gasteiger partial charge in [0, 0.05) is 28.6 Å². The van der Waals surface area contributed by atoms with Crippen LogP contribution >= 0.6 is 11.6 Å². The van der Waals surface area contributed by atoms with E-state index < -0.39 is 4.92 Å². The number of fused-ring (bicyclic) bond motifs is 1. The predicted octanol–water partition coefficient (Wildman–Crippen LogP) is 4.69. The number of nitro benzene ring substituents is 1. The lowest BCUT2D eigenvalue weighted by atomic mass is 10.1. The molecule has 24 heavy (non-hydrogen) atoms. The zero-order valence-electron chi connectivity index (χ0n) is 12.3. The molecule has 5 nitrogen and oxygen atoms in total. The molecule has 0 radical (unpaired) electrons. The van der Waals surface area contributed by atoms with Gasteiger partial charge >= 0.3 is 0 Å². The maximum Gasteiger partial charge on any atom is 0.269 e. The van der Waals surface area contributed by atoms with Crippen molar-refractivity contribution in [2.75, 3.05) is 0 Å². The van der Waals surface area contributed by atoms with Crippen molar-refractivity contribution in [1.82, 2.24) is 4.98 Å². The maximum absolute atomic E-state index is 12.2. The van der Waals surface area contributed by atoms with Crippen LogP contribution in [-0.2, 0) is 0 Å². The summed E-state index contributed by atoms with van der Waals surface area (Å²) in [5.74, 6) is -0.269. The Balaban J connectivity index is 1.86. The van der Waals surface area contributed by atoms with E-state index in [1.807, 2.05) is 30.3 Å². The summed E-state index contributed by atoms with van der Waals surface area (Å²) in [4.78, 5) is 26.6. The second-order valence-electron chi connectivity index (χ2n) is 5.06. The number of nitrogens with zero attached hydrogens (tertiary/aromatic N) is 2. The molecule has 0 fully saturated rings. The predicted molar refractivity (Wildman–Crippen MR) is 93.2 cm³/mol. The van der Waals surface area contributed by atoms with Gasteiger partial charge in [0.05, 0.1) is 10.4 Å². The molecule has 0 bridgehead atoms. The smallest absolute Gasteiger partial charge is 0.269 e. The van der Waals surface area contributed by atoms with E-state index in [2.05, 4.69) is 4.98 Å². The number of allylic oxidation sites excluding steroid dienone is 1. The molecule has 0 spiro atoms. The van der Waals surface area contributed by atoms with E-state index in [1.165, 1.54) is 30.3 Å². The molecule has 0 N–H and O–H groups in total. The minimum absolute atomic E-state index is 0.0581. The van der Waals surface area contributed by atoms with Crippen molar-refractivity contribution < 1.29 is 9.72 Å². The number of benzene rings is 2. The number of aromatic nitrogens is 1. The Kier molecular flexibility index (Phi) is 4.35. The molecule has 1 heterocycles. The molecule has 0 saturated carbocycles. The van der Waals surface area contributed by atoms with Gasteiger partial charge in [0.15, 0.2) is 5.78 Å². The summed E-state index contributed by atoms with van der Waals surface area (Å²) in [5.41, 5.74) is 1.71. The minimum Gasteiger partial charge on any atom is -0.289 e. The Morgan fingerprint density at radius 1 is 1.12 bits per heavy atom. The molecular weight excluding hydrogens is 328 g/mol. The normalized spacial score (nSPS) is 11.0. The van der Waals surface area contributed by atoms with Crippen molar-refractivity contribution in [2.45, 2.75) is 0 Å². The number of hydrogen-bond donors (Lipinski definition) is 0. The second-order valence-corrected chi connectivity index (χ2v) is 5.42. The molecule has 0 aliphatic carbocycles. The van der Waals surface area contributed by atoms with Gasteiger partial charge in [0.2, 0.25) is 0 Å². The fraction of sp³-hybridized carbons (Fsp3) is 0. The number of non-ortho nitro benzene ring substituents is 1. The highest BCUT2D eigenvalue weighted by molar-refractivity contribution is 6.31. The Morgan fingerprint density at radius 2 is 1.83 bits per heavy atom. The van der Waals surface area contributed by atoms with Gasteiger partial charge in [0.1, 0.15) is 5.15 Å². The van der Waals surface area contributed by atoms with Crippen molar-refractivity contribution >= 4 is 40.1 Å². The molecule has 1 aromatic heterocycles. The molecule has 2 aromatic carbocycles.